The molecule has 1 atom stereocenters. The molecule has 0 amide bonds. The van der Waals surface area contributed by atoms with Crippen LogP contribution in [0.3, 0.4) is 0 Å². The van der Waals surface area contributed by atoms with Crippen molar-refractivity contribution in [2.75, 3.05) is 26.2 Å². The molecule has 0 saturated carbocycles. The third-order valence-corrected chi connectivity index (χ3v) is 3.70. The fourth-order valence-electron chi connectivity index (χ4n) is 2.79. The Hall–Kier alpha value is -0.840. The second-order valence-corrected chi connectivity index (χ2v) is 5.31. The largest absolute Gasteiger partial charge is 0.468 e. The van der Waals surface area contributed by atoms with Crippen LogP contribution < -0.4 is 0 Å². The number of nitrogens with zero attached hydrogens (tertiary/aromatic N) is 2. The molecule has 1 fully saturated rings. The van der Waals surface area contributed by atoms with E-state index in [4.69, 9.17) is 4.42 Å². The summed E-state index contributed by atoms with van der Waals surface area (Å²) in [6, 6.07) is 4.96. The molecule has 1 aliphatic heterocycles. The Kier molecular flexibility index (Phi) is 4.80. The molecule has 2 rings (SSSR count). The van der Waals surface area contributed by atoms with Crippen LogP contribution in [-0.2, 0) is 6.54 Å². The highest BCUT2D eigenvalue weighted by Crippen LogP contribution is 2.18. The number of piperazine rings is 1. The lowest BCUT2D eigenvalue weighted by molar-refractivity contribution is 0.0323. The smallest absolute Gasteiger partial charge is 0.117 e. The molecule has 0 spiro atoms. The quantitative estimate of drug-likeness (QED) is 0.863. The number of aliphatic hydroxyl groups excluding tert-OH is 1. The van der Waals surface area contributed by atoms with E-state index in [-0.39, 0.29) is 6.61 Å². The molecular formula is C14H24N2O2. The highest BCUT2D eigenvalue weighted by Gasteiger charge is 2.28. The van der Waals surface area contributed by atoms with Crippen molar-refractivity contribution in [3.05, 3.63) is 24.2 Å². The molecule has 1 aromatic heterocycles. The summed E-state index contributed by atoms with van der Waals surface area (Å²) >= 11 is 0. The van der Waals surface area contributed by atoms with E-state index in [0.717, 1.165) is 38.4 Å². The van der Waals surface area contributed by atoms with Crippen molar-refractivity contribution >= 4 is 0 Å². The summed E-state index contributed by atoms with van der Waals surface area (Å²) in [5, 5.41) is 9.20. The lowest BCUT2D eigenvalue weighted by atomic mass is 10.1. The predicted molar refractivity (Wildman–Crippen MR) is 71.3 cm³/mol. The van der Waals surface area contributed by atoms with E-state index in [2.05, 4.69) is 23.6 Å². The molecular weight excluding hydrogens is 228 g/mol. The second-order valence-electron chi connectivity index (χ2n) is 5.31. The van der Waals surface area contributed by atoms with E-state index in [1.165, 1.54) is 0 Å². The lowest BCUT2D eigenvalue weighted by Gasteiger charge is -2.43. The van der Waals surface area contributed by atoms with Crippen LogP contribution in [0.5, 0.6) is 0 Å². The number of aliphatic hydroxyl groups is 1. The van der Waals surface area contributed by atoms with Gasteiger partial charge in [0.25, 0.3) is 0 Å². The molecule has 1 saturated heterocycles. The first kappa shape index (κ1) is 13.6. The first-order chi connectivity index (χ1) is 8.70. The number of hydrogen-bond donors (Lipinski definition) is 1. The van der Waals surface area contributed by atoms with Gasteiger partial charge in [-0.25, -0.2) is 0 Å². The lowest BCUT2D eigenvalue weighted by Crippen LogP contribution is -2.55. The van der Waals surface area contributed by atoms with Gasteiger partial charge in [-0.15, -0.1) is 0 Å². The molecule has 1 N–H and O–H groups in total. The first-order valence-corrected chi connectivity index (χ1v) is 6.82. The zero-order chi connectivity index (χ0) is 13.0. The maximum absolute atomic E-state index is 9.20. The average molecular weight is 252 g/mol. The maximum atomic E-state index is 9.20. The van der Waals surface area contributed by atoms with Crippen molar-refractivity contribution < 1.29 is 9.52 Å². The predicted octanol–water partition coefficient (Wildman–Crippen LogP) is 1.56. The van der Waals surface area contributed by atoms with Crippen LogP contribution in [0, 0.1) is 0 Å². The normalized spacial score (nSPS) is 22.8. The Morgan fingerprint density at radius 2 is 2.28 bits per heavy atom. The van der Waals surface area contributed by atoms with Crippen LogP contribution in [0.15, 0.2) is 22.8 Å². The highest BCUT2D eigenvalue weighted by atomic mass is 16.3. The highest BCUT2D eigenvalue weighted by molar-refractivity contribution is 4.99. The van der Waals surface area contributed by atoms with E-state index in [1.54, 1.807) is 6.26 Å². The topological polar surface area (TPSA) is 39.9 Å². The van der Waals surface area contributed by atoms with Gasteiger partial charge < -0.3 is 9.52 Å². The standard InChI is InChI=1S/C14H24N2O2/c1-12(2)16-7-6-15(10-13(16)5-8-17)11-14-4-3-9-18-14/h3-4,9,12-13,17H,5-8,10-11H2,1-2H3/t13-/m1/s1. The van der Waals surface area contributed by atoms with Crippen LogP contribution in [0.2, 0.25) is 0 Å². The van der Waals surface area contributed by atoms with Gasteiger partial charge in [-0.05, 0) is 32.4 Å². The van der Waals surface area contributed by atoms with E-state index >= 15 is 0 Å². The minimum Gasteiger partial charge on any atom is -0.468 e. The van der Waals surface area contributed by atoms with Crippen molar-refractivity contribution in [1.29, 1.82) is 0 Å². The Bertz CT molecular complexity index is 338. The number of hydrogen-bond acceptors (Lipinski definition) is 4. The summed E-state index contributed by atoms with van der Waals surface area (Å²) in [5.74, 6) is 1.02. The van der Waals surface area contributed by atoms with Crippen molar-refractivity contribution in [3.8, 4) is 0 Å². The van der Waals surface area contributed by atoms with Crippen LogP contribution in [0.4, 0.5) is 0 Å². The Balaban J connectivity index is 1.92. The van der Waals surface area contributed by atoms with E-state index < -0.39 is 0 Å². The number of rotatable bonds is 5. The molecule has 0 aromatic carbocycles. The molecule has 4 nitrogen and oxygen atoms in total. The molecule has 1 aliphatic rings. The average Bonchev–Trinajstić information content (AvgIpc) is 2.82. The summed E-state index contributed by atoms with van der Waals surface area (Å²) in [5.41, 5.74) is 0. The maximum Gasteiger partial charge on any atom is 0.117 e. The van der Waals surface area contributed by atoms with E-state index in [9.17, 15) is 5.11 Å². The number of furan rings is 1. The van der Waals surface area contributed by atoms with Crippen molar-refractivity contribution in [1.82, 2.24) is 9.80 Å². The molecule has 102 valence electrons. The van der Waals surface area contributed by atoms with Crippen LogP contribution in [0.1, 0.15) is 26.0 Å². The monoisotopic (exact) mass is 252 g/mol. The van der Waals surface area contributed by atoms with E-state index in [0.29, 0.717) is 12.1 Å². The van der Waals surface area contributed by atoms with Crippen LogP contribution >= 0.6 is 0 Å². The third kappa shape index (κ3) is 3.34. The first-order valence-electron chi connectivity index (χ1n) is 6.82. The van der Waals surface area contributed by atoms with Gasteiger partial charge in [-0.2, -0.15) is 0 Å². The summed E-state index contributed by atoms with van der Waals surface area (Å²) in [4.78, 5) is 4.91. The zero-order valence-electron chi connectivity index (χ0n) is 11.4. The van der Waals surface area contributed by atoms with Gasteiger partial charge >= 0.3 is 0 Å². The van der Waals surface area contributed by atoms with Crippen LogP contribution in [-0.4, -0.2) is 53.2 Å². The van der Waals surface area contributed by atoms with Gasteiger partial charge in [-0.1, -0.05) is 0 Å². The Morgan fingerprint density at radius 3 is 2.89 bits per heavy atom. The molecule has 0 aliphatic carbocycles. The minimum atomic E-state index is 0.266. The summed E-state index contributed by atoms with van der Waals surface area (Å²) in [7, 11) is 0. The SMILES string of the molecule is CC(C)N1CCN(Cc2ccco2)C[C@H]1CCO. The van der Waals surface area contributed by atoms with Gasteiger partial charge in [0.15, 0.2) is 0 Å². The Morgan fingerprint density at radius 1 is 1.44 bits per heavy atom. The molecule has 4 heteroatoms. The van der Waals surface area contributed by atoms with Gasteiger partial charge in [0, 0.05) is 38.3 Å². The molecule has 18 heavy (non-hydrogen) atoms. The summed E-state index contributed by atoms with van der Waals surface area (Å²) in [6.07, 6.45) is 2.58. The zero-order valence-corrected chi connectivity index (χ0v) is 11.4. The molecule has 2 heterocycles. The summed E-state index contributed by atoms with van der Waals surface area (Å²) in [6.45, 7) is 8.76. The molecule has 0 unspecified atom stereocenters. The second kappa shape index (κ2) is 6.36. The fourth-order valence-corrected chi connectivity index (χ4v) is 2.79. The van der Waals surface area contributed by atoms with Crippen molar-refractivity contribution in [3.63, 3.8) is 0 Å². The van der Waals surface area contributed by atoms with Gasteiger partial charge in [-0.3, -0.25) is 9.80 Å². The van der Waals surface area contributed by atoms with Gasteiger partial charge in [0.2, 0.25) is 0 Å². The van der Waals surface area contributed by atoms with Gasteiger partial charge in [0.05, 0.1) is 12.8 Å². The van der Waals surface area contributed by atoms with Crippen LogP contribution in [0.25, 0.3) is 0 Å². The minimum absolute atomic E-state index is 0.266. The Labute approximate surface area is 109 Å². The molecule has 0 radical (unpaired) electrons. The van der Waals surface area contributed by atoms with Gasteiger partial charge in [0.1, 0.15) is 5.76 Å². The van der Waals surface area contributed by atoms with Crippen molar-refractivity contribution in [2.24, 2.45) is 0 Å². The third-order valence-electron chi connectivity index (χ3n) is 3.70. The van der Waals surface area contributed by atoms with E-state index in [1.807, 2.05) is 12.1 Å². The molecule has 1 aromatic rings. The molecule has 0 bridgehead atoms. The summed E-state index contributed by atoms with van der Waals surface area (Å²) < 4.78 is 5.40. The van der Waals surface area contributed by atoms with Crippen molar-refractivity contribution in [2.45, 2.75) is 38.9 Å². The fraction of sp³-hybridized carbons (Fsp3) is 0.714.